The van der Waals surface area contributed by atoms with Gasteiger partial charge in [-0.05, 0) is 56.8 Å². The van der Waals surface area contributed by atoms with E-state index >= 15 is 0 Å². The minimum absolute atomic E-state index is 0.0212. The van der Waals surface area contributed by atoms with Gasteiger partial charge in [0.15, 0.2) is 17.5 Å². The largest absolute Gasteiger partial charge is 0.324 e. The molecule has 1 aliphatic heterocycles. The highest BCUT2D eigenvalue weighted by Crippen LogP contribution is 2.25. The normalized spacial score (nSPS) is 14.5. The smallest absolute Gasteiger partial charge is 0.324 e. The molecule has 0 unspecified atom stereocenters. The first kappa shape index (κ1) is 24.7. The van der Waals surface area contributed by atoms with E-state index in [1.54, 1.807) is 0 Å². The molecule has 0 atom stereocenters. The van der Waals surface area contributed by atoms with Crippen molar-refractivity contribution in [2.24, 2.45) is 0 Å². The molecule has 2 aromatic heterocycles. The molecular formula is C26H25F3N6O2. The van der Waals surface area contributed by atoms with E-state index in [0.29, 0.717) is 23.4 Å². The van der Waals surface area contributed by atoms with Gasteiger partial charge in [-0.25, -0.2) is 17.9 Å². The lowest BCUT2D eigenvalue weighted by molar-refractivity contribution is 0.244. The zero-order chi connectivity index (χ0) is 26.1. The number of hydrogen-bond donors (Lipinski definition) is 0. The van der Waals surface area contributed by atoms with Gasteiger partial charge in [0.25, 0.3) is 5.56 Å². The van der Waals surface area contributed by atoms with Crippen molar-refractivity contribution < 1.29 is 17.7 Å². The van der Waals surface area contributed by atoms with E-state index < -0.39 is 23.0 Å². The topological polar surface area (TPSA) is 80.3 Å². The summed E-state index contributed by atoms with van der Waals surface area (Å²) in [5.74, 6) is -3.79. The van der Waals surface area contributed by atoms with Crippen LogP contribution < -0.4 is 10.5 Å². The van der Waals surface area contributed by atoms with Crippen molar-refractivity contribution in [2.75, 3.05) is 32.1 Å². The van der Waals surface area contributed by atoms with Crippen molar-refractivity contribution in [1.82, 2.24) is 24.8 Å². The molecule has 1 fully saturated rings. The fraction of sp³-hybridized carbons (Fsp3) is 0.308. The van der Waals surface area contributed by atoms with Crippen molar-refractivity contribution in [3.8, 4) is 22.6 Å². The molecule has 0 amide bonds. The summed E-state index contributed by atoms with van der Waals surface area (Å²) in [6.45, 7) is 1.75. The van der Waals surface area contributed by atoms with Crippen LogP contribution in [-0.4, -0.2) is 58.0 Å². The number of piperidine rings is 1. The van der Waals surface area contributed by atoms with Crippen LogP contribution in [0.2, 0.25) is 0 Å². The first-order chi connectivity index (χ1) is 17.8. The Morgan fingerprint density at radius 3 is 2.43 bits per heavy atom. The Hall–Kier alpha value is -3.99. The number of nitrogens with zero attached hydrogens (tertiary/aromatic N) is 6. The van der Waals surface area contributed by atoms with E-state index in [-0.39, 0.29) is 17.8 Å². The third-order valence-electron chi connectivity index (χ3n) is 6.54. The molecule has 0 radical (unpaired) electrons. The summed E-state index contributed by atoms with van der Waals surface area (Å²) in [4.78, 5) is 21.3. The van der Waals surface area contributed by atoms with Gasteiger partial charge < -0.3 is 14.3 Å². The van der Waals surface area contributed by atoms with Crippen LogP contribution in [0.1, 0.15) is 18.4 Å². The monoisotopic (exact) mass is 510 g/mol. The van der Waals surface area contributed by atoms with Crippen LogP contribution in [0.3, 0.4) is 0 Å². The van der Waals surface area contributed by atoms with Crippen LogP contribution in [0.25, 0.3) is 22.6 Å². The molecule has 192 valence electrons. The molecular weight excluding hydrogens is 485 g/mol. The van der Waals surface area contributed by atoms with E-state index in [1.807, 2.05) is 24.3 Å². The van der Waals surface area contributed by atoms with E-state index in [2.05, 4.69) is 39.1 Å². The molecule has 0 N–H and O–H groups in total. The Kier molecular flexibility index (Phi) is 6.79. The molecule has 4 aromatic rings. The van der Waals surface area contributed by atoms with E-state index in [0.717, 1.165) is 43.6 Å². The second-order valence-electron chi connectivity index (χ2n) is 9.25. The van der Waals surface area contributed by atoms with E-state index in [1.165, 1.54) is 16.8 Å². The Morgan fingerprint density at radius 1 is 1.00 bits per heavy atom. The van der Waals surface area contributed by atoms with Gasteiger partial charge in [-0.15, -0.1) is 0 Å². The number of halogens is 3. The fourth-order valence-corrected chi connectivity index (χ4v) is 4.44. The third kappa shape index (κ3) is 5.26. The zero-order valence-electron chi connectivity index (χ0n) is 20.4. The molecule has 5 rings (SSSR count). The van der Waals surface area contributed by atoms with Gasteiger partial charge in [-0.3, -0.25) is 4.79 Å². The van der Waals surface area contributed by atoms with Gasteiger partial charge >= 0.3 is 6.01 Å². The Bertz CT molecular complexity index is 1450. The van der Waals surface area contributed by atoms with Crippen molar-refractivity contribution in [2.45, 2.75) is 25.4 Å². The lowest BCUT2D eigenvalue weighted by Gasteiger charge is -2.33. The van der Waals surface area contributed by atoms with Crippen LogP contribution in [0, 0.1) is 17.5 Å². The molecule has 2 aromatic carbocycles. The fourth-order valence-electron chi connectivity index (χ4n) is 4.44. The van der Waals surface area contributed by atoms with Gasteiger partial charge in [0.1, 0.15) is 0 Å². The minimum Gasteiger partial charge on any atom is -0.324 e. The number of benzene rings is 2. The Balaban J connectivity index is 1.35. The van der Waals surface area contributed by atoms with E-state index in [4.69, 9.17) is 4.52 Å². The van der Waals surface area contributed by atoms with Crippen molar-refractivity contribution >= 4 is 6.01 Å². The molecule has 0 aliphatic carbocycles. The SMILES string of the molecule is CN(C)C1CCN(c2nc(-c3cccc(Cn4nc(-c5cc(F)c(F)c(F)c5)ccc4=O)c3)no2)CC1. The number of aromatic nitrogens is 4. The predicted octanol–water partition coefficient (Wildman–Crippen LogP) is 3.96. The summed E-state index contributed by atoms with van der Waals surface area (Å²) in [5.41, 5.74) is 1.20. The quantitative estimate of drug-likeness (QED) is 0.364. The van der Waals surface area contributed by atoms with Gasteiger partial charge in [0, 0.05) is 36.3 Å². The first-order valence-electron chi connectivity index (χ1n) is 11.9. The lowest BCUT2D eigenvalue weighted by atomic mass is 10.0. The highest BCUT2D eigenvalue weighted by Gasteiger charge is 2.24. The predicted molar refractivity (Wildman–Crippen MR) is 132 cm³/mol. The van der Waals surface area contributed by atoms with Crippen LogP contribution in [-0.2, 0) is 6.54 Å². The van der Waals surface area contributed by atoms with Crippen molar-refractivity contribution in [3.05, 3.63) is 81.9 Å². The average Bonchev–Trinajstić information content (AvgIpc) is 3.39. The minimum atomic E-state index is -1.56. The van der Waals surface area contributed by atoms with Gasteiger partial charge in [0.2, 0.25) is 5.82 Å². The second-order valence-corrected chi connectivity index (χ2v) is 9.25. The summed E-state index contributed by atoms with van der Waals surface area (Å²) in [7, 11) is 4.17. The Morgan fingerprint density at radius 2 is 1.73 bits per heavy atom. The molecule has 11 heteroatoms. The Labute approximate surface area is 210 Å². The van der Waals surface area contributed by atoms with E-state index in [9.17, 15) is 18.0 Å². The molecule has 0 saturated carbocycles. The molecule has 1 saturated heterocycles. The summed E-state index contributed by atoms with van der Waals surface area (Å²) >= 11 is 0. The zero-order valence-corrected chi connectivity index (χ0v) is 20.4. The van der Waals surface area contributed by atoms with Crippen molar-refractivity contribution in [3.63, 3.8) is 0 Å². The summed E-state index contributed by atoms with van der Waals surface area (Å²) in [6, 6.07) is 12.6. The standard InChI is InChI=1S/C26H25F3N6O2/c1-33(2)19-8-10-34(11-9-19)26-30-25(32-37-26)17-5-3-4-16(12-17)15-35-23(36)7-6-22(31-35)18-13-20(27)24(29)21(28)14-18/h3-7,12-14,19H,8-11,15H2,1-2H3. The molecule has 37 heavy (non-hydrogen) atoms. The maximum atomic E-state index is 13.7. The average molecular weight is 511 g/mol. The molecule has 3 heterocycles. The molecule has 1 aliphatic rings. The summed E-state index contributed by atoms with van der Waals surface area (Å²) in [5, 5.41) is 8.36. The number of rotatable bonds is 6. The third-order valence-corrected chi connectivity index (χ3v) is 6.54. The van der Waals surface area contributed by atoms with Crippen LogP contribution in [0.15, 0.2) is 57.8 Å². The number of hydrogen-bond acceptors (Lipinski definition) is 7. The lowest BCUT2D eigenvalue weighted by Crippen LogP contribution is -2.42. The first-order valence-corrected chi connectivity index (χ1v) is 11.9. The van der Waals surface area contributed by atoms with Crippen LogP contribution in [0.4, 0.5) is 19.2 Å². The highest BCUT2D eigenvalue weighted by atomic mass is 19.2. The summed E-state index contributed by atoms with van der Waals surface area (Å²) < 4.78 is 47.4. The number of anilines is 1. The van der Waals surface area contributed by atoms with Gasteiger partial charge in [-0.2, -0.15) is 10.1 Å². The van der Waals surface area contributed by atoms with Crippen molar-refractivity contribution in [1.29, 1.82) is 0 Å². The molecule has 0 spiro atoms. The van der Waals surface area contributed by atoms with Crippen LogP contribution >= 0.6 is 0 Å². The van der Waals surface area contributed by atoms with Gasteiger partial charge in [0.05, 0.1) is 12.2 Å². The van der Waals surface area contributed by atoms with Crippen LogP contribution in [0.5, 0.6) is 0 Å². The second kappa shape index (κ2) is 10.2. The van der Waals surface area contributed by atoms with Gasteiger partial charge in [-0.1, -0.05) is 23.4 Å². The molecule has 8 nitrogen and oxygen atoms in total. The maximum Gasteiger partial charge on any atom is 0.324 e. The summed E-state index contributed by atoms with van der Waals surface area (Å²) in [6.07, 6.45) is 2.02. The molecule has 0 bridgehead atoms. The highest BCUT2D eigenvalue weighted by molar-refractivity contribution is 5.59. The maximum absolute atomic E-state index is 13.7.